The van der Waals surface area contributed by atoms with Crippen LogP contribution in [0.25, 0.3) is 6.08 Å². The summed E-state index contributed by atoms with van der Waals surface area (Å²) in [6, 6.07) is 7.18. The van der Waals surface area contributed by atoms with Crippen LogP contribution in [0.5, 0.6) is 0 Å². The van der Waals surface area contributed by atoms with Gasteiger partial charge < -0.3 is 9.64 Å². The maximum absolute atomic E-state index is 13.5. The van der Waals surface area contributed by atoms with Crippen LogP contribution < -0.4 is 19.8 Å². The fourth-order valence-electron chi connectivity index (χ4n) is 3.76. The average molecular weight is 452 g/mol. The summed E-state index contributed by atoms with van der Waals surface area (Å²) in [7, 11) is 7.12. The molecule has 0 spiro atoms. The maximum Gasteiger partial charge on any atom is 0.338 e. The highest BCUT2D eigenvalue weighted by atomic mass is 32.1. The highest BCUT2D eigenvalue weighted by Crippen LogP contribution is 2.31. The number of carbonyl (C=O) groups excluding carboxylic acids is 1. The van der Waals surface area contributed by atoms with Gasteiger partial charge in [0.2, 0.25) is 0 Å². The summed E-state index contributed by atoms with van der Waals surface area (Å²) in [6.07, 6.45) is 3.56. The summed E-state index contributed by atoms with van der Waals surface area (Å²) >= 11 is 1.30. The molecule has 166 valence electrons. The molecule has 0 bridgehead atoms. The second kappa shape index (κ2) is 8.23. The lowest BCUT2D eigenvalue weighted by molar-refractivity contribution is -0.136. The quantitative estimate of drug-likeness (QED) is 0.562. The van der Waals surface area contributed by atoms with E-state index >= 15 is 0 Å². The third-order valence-electron chi connectivity index (χ3n) is 5.71. The lowest BCUT2D eigenvalue weighted by atomic mass is 9.95. The van der Waals surface area contributed by atoms with Crippen LogP contribution in [0.3, 0.4) is 0 Å². The molecule has 32 heavy (non-hydrogen) atoms. The number of esters is 1. The minimum Gasteiger partial charge on any atom is -0.466 e. The summed E-state index contributed by atoms with van der Waals surface area (Å²) in [4.78, 5) is 33.4. The Kier molecular flexibility index (Phi) is 5.60. The van der Waals surface area contributed by atoms with E-state index in [1.54, 1.807) is 22.4 Å². The summed E-state index contributed by atoms with van der Waals surface area (Å²) in [5, 5.41) is 4.25. The topological polar surface area (TPSA) is 81.7 Å². The van der Waals surface area contributed by atoms with Gasteiger partial charge in [-0.1, -0.05) is 23.5 Å². The van der Waals surface area contributed by atoms with Crippen LogP contribution in [-0.4, -0.2) is 41.5 Å². The van der Waals surface area contributed by atoms with Crippen molar-refractivity contribution in [2.75, 3.05) is 26.1 Å². The second-order valence-electron chi connectivity index (χ2n) is 7.87. The van der Waals surface area contributed by atoms with E-state index < -0.39 is 12.0 Å². The minimum atomic E-state index is -0.618. The predicted octanol–water partition coefficient (Wildman–Crippen LogP) is 1.52. The van der Waals surface area contributed by atoms with Crippen LogP contribution >= 0.6 is 11.3 Å². The zero-order chi connectivity index (χ0) is 23.2. The Balaban J connectivity index is 1.96. The SMILES string of the molecule is COC(=O)C1=C(C)N=c2sc(=Cc3cnn(C)c3C)c(=O)n2[C@@H]1c1ccc(N(C)C)cc1. The lowest BCUT2D eigenvalue weighted by Crippen LogP contribution is -2.39. The van der Waals surface area contributed by atoms with Crippen molar-refractivity contribution in [3.05, 3.63) is 78.2 Å². The Hall–Kier alpha value is -3.46. The molecule has 3 heterocycles. The van der Waals surface area contributed by atoms with Gasteiger partial charge in [0.1, 0.15) is 0 Å². The molecule has 1 aromatic carbocycles. The van der Waals surface area contributed by atoms with Crippen molar-refractivity contribution in [3.63, 3.8) is 0 Å². The zero-order valence-corrected chi connectivity index (χ0v) is 19.7. The van der Waals surface area contributed by atoms with Gasteiger partial charge in [-0.2, -0.15) is 5.10 Å². The summed E-state index contributed by atoms with van der Waals surface area (Å²) in [5.74, 6) is -0.495. The van der Waals surface area contributed by atoms with E-state index in [-0.39, 0.29) is 5.56 Å². The fraction of sp³-hybridized carbons (Fsp3) is 0.304. The summed E-state index contributed by atoms with van der Waals surface area (Å²) in [6.45, 7) is 3.72. The Morgan fingerprint density at radius 2 is 1.91 bits per heavy atom. The molecule has 8 nitrogen and oxygen atoms in total. The van der Waals surface area contributed by atoms with E-state index in [0.29, 0.717) is 20.6 Å². The van der Waals surface area contributed by atoms with Crippen molar-refractivity contribution in [1.29, 1.82) is 0 Å². The molecule has 1 atom stereocenters. The number of nitrogens with zero attached hydrogens (tertiary/aromatic N) is 5. The molecule has 0 unspecified atom stereocenters. The molecule has 0 fully saturated rings. The van der Waals surface area contributed by atoms with Gasteiger partial charge in [-0.25, -0.2) is 9.79 Å². The van der Waals surface area contributed by atoms with E-state index in [0.717, 1.165) is 22.5 Å². The Labute approximate surface area is 189 Å². The third-order valence-corrected chi connectivity index (χ3v) is 6.69. The van der Waals surface area contributed by atoms with Crippen molar-refractivity contribution < 1.29 is 9.53 Å². The van der Waals surface area contributed by atoms with Gasteiger partial charge in [0.05, 0.1) is 35.2 Å². The van der Waals surface area contributed by atoms with Crippen LogP contribution in [0.1, 0.15) is 29.8 Å². The van der Waals surface area contributed by atoms with Crippen molar-refractivity contribution >= 4 is 29.1 Å². The van der Waals surface area contributed by atoms with Crippen LogP contribution in [-0.2, 0) is 16.6 Å². The van der Waals surface area contributed by atoms with E-state index in [2.05, 4.69) is 10.1 Å². The average Bonchev–Trinajstić information content (AvgIpc) is 3.25. The molecule has 0 saturated heterocycles. The first-order valence-electron chi connectivity index (χ1n) is 10.1. The van der Waals surface area contributed by atoms with Crippen molar-refractivity contribution in [2.45, 2.75) is 19.9 Å². The largest absolute Gasteiger partial charge is 0.466 e. The van der Waals surface area contributed by atoms with E-state index in [4.69, 9.17) is 4.74 Å². The van der Waals surface area contributed by atoms with Crippen LogP contribution in [0.15, 0.2) is 51.5 Å². The number of anilines is 1. The number of hydrogen-bond donors (Lipinski definition) is 0. The highest BCUT2D eigenvalue weighted by Gasteiger charge is 2.33. The van der Waals surface area contributed by atoms with Crippen molar-refractivity contribution in [1.82, 2.24) is 14.3 Å². The first-order valence-corrected chi connectivity index (χ1v) is 10.9. The molecule has 0 N–H and O–H groups in total. The normalized spacial score (nSPS) is 16.1. The first kappa shape index (κ1) is 21.8. The Bertz CT molecular complexity index is 1410. The molecule has 9 heteroatoms. The summed E-state index contributed by atoms with van der Waals surface area (Å²) < 4.78 is 8.94. The monoisotopic (exact) mass is 451 g/mol. The Morgan fingerprint density at radius 3 is 2.47 bits per heavy atom. The number of thiazole rings is 1. The van der Waals surface area contributed by atoms with Crippen LogP contribution in [0.4, 0.5) is 5.69 Å². The number of aryl methyl sites for hydroxylation is 1. The van der Waals surface area contributed by atoms with Gasteiger partial charge in [0.25, 0.3) is 5.56 Å². The van der Waals surface area contributed by atoms with Crippen LogP contribution in [0.2, 0.25) is 0 Å². The number of aromatic nitrogens is 3. The summed E-state index contributed by atoms with van der Waals surface area (Å²) in [5.41, 5.74) is 4.37. The highest BCUT2D eigenvalue weighted by molar-refractivity contribution is 7.07. The molecule has 3 aromatic rings. The minimum absolute atomic E-state index is 0.201. The fourth-order valence-corrected chi connectivity index (χ4v) is 4.80. The molecular formula is C23H25N5O3S. The molecule has 0 aliphatic carbocycles. The zero-order valence-electron chi connectivity index (χ0n) is 18.9. The van der Waals surface area contributed by atoms with Gasteiger partial charge >= 0.3 is 5.97 Å². The van der Waals surface area contributed by atoms with Gasteiger partial charge in [-0.15, -0.1) is 0 Å². The molecule has 1 aliphatic rings. The first-order chi connectivity index (χ1) is 15.2. The van der Waals surface area contributed by atoms with Crippen molar-refractivity contribution in [3.8, 4) is 0 Å². The lowest BCUT2D eigenvalue weighted by Gasteiger charge is -2.25. The number of methoxy groups -OCH3 is 1. The Morgan fingerprint density at radius 1 is 1.22 bits per heavy atom. The van der Waals surface area contributed by atoms with E-state index in [1.807, 2.05) is 63.3 Å². The molecule has 1 aliphatic heterocycles. The maximum atomic E-state index is 13.5. The predicted molar refractivity (Wildman–Crippen MR) is 124 cm³/mol. The third kappa shape index (κ3) is 3.58. The van der Waals surface area contributed by atoms with Gasteiger partial charge in [0, 0.05) is 38.1 Å². The van der Waals surface area contributed by atoms with Gasteiger partial charge in [-0.3, -0.25) is 14.0 Å². The number of allylic oxidation sites excluding steroid dienone is 1. The number of carbonyl (C=O) groups is 1. The van der Waals surface area contributed by atoms with E-state index in [1.165, 1.54) is 18.4 Å². The molecule has 0 saturated carbocycles. The van der Waals surface area contributed by atoms with Gasteiger partial charge in [-0.05, 0) is 37.6 Å². The smallest absolute Gasteiger partial charge is 0.338 e. The van der Waals surface area contributed by atoms with E-state index in [9.17, 15) is 9.59 Å². The molecular weight excluding hydrogens is 426 g/mol. The molecule has 4 rings (SSSR count). The molecule has 0 amide bonds. The number of fused-ring (bicyclic) bond motifs is 1. The number of ether oxygens (including phenoxy) is 1. The molecule has 0 radical (unpaired) electrons. The number of rotatable bonds is 4. The molecule has 2 aromatic heterocycles. The standard InChI is InChI=1S/C23H25N5O3S/c1-13-19(22(30)31-6)20(15-7-9-17(10-8-15)26(3)4)28-21(29)18(32-23(28)25-13)11-16-12-24-27(5)14(16)2/h7-12,20H,1-6H3/t20-/m1/s1. The number of hydrogen-bond acceptors (Lipinski definition) is 7. The van der Waals surface area contributed by atoms with Crippen molar-refractivity contribution in [2.24, 2.45) is 12.0 Å². The second-order valence-corrected chi connectivity index (χ2v) is 8.88. The van der Waals surface area contributed by atoms with Crippen LogP contribution in [0, 0.1) is 6.92 Å². The van der Waals surface area contributed by atoms with Gasteiger partial charge in [0.15, 0.2) is 4.80 Å². The number of benzene rings is 1.